The van der Waals surface area contributed by atoms with Crippen LogP contribution in [0, 0.1) is 0 Å². The minimum absolute atomic E-state index is 0.233. The van der Waals surface area contributed by atoms with E-state index in [1.807, 2.05) is 11.8 Å². The Kier molecular flexibility index (Phi) is 7.59. The van der Waals surface area contributed by atoms with Crippen LogP contribution in [-0.2, 0) is 9.53 Å². The highest BCUT2D eigenvalue weighted by atomic mass is 19.1. The van der Waals surface area contributed by atoms with Crippen LogP contribution in [0.3, 0.4) is 0 Å². The van der Waals surface area contributed by atoms with Crippen LogP contribution < -0.4 is 0 Å². The number of halogens is 1. The van der Waals surface area contributed by atoms with E-state index < -0.39 is 0 Å². The Balaban J connectivity index is 3.62. The molecule has 0 N–H and O–H groups in total. The fourth-order valence-electron chi connectivity index (χ4n) is 1.02. The second-order valence-electron chi connectivity index (χ2n) is 2.72. The van der Waals surface area contributed by atoms with Gasteiger partial charge < -0.3 is 4.74 Å². The molecule has 0 bridgehead atoms. The number of hydrogen-bond acceptors (Lipinski definition) is 3. The summed E-state index contributed by atoms with van der Waals surface area (Å²) in [6.45, 7) is 5.42. The summed E-state index contributed by atoms with van der Waals surface area (Å²) in [6, 6.07) is 0. The molecule has 0 aromatic carbocycles. The van der Waals surface area contributed by atoms with Gasteiger partial charge in [-0.15, -0.1) is 0 Å². The number of likely N-dealkylation sites (N-methyl/N-ethyl adjacent to an activating group) is 1. The van der Waals surface area contributed by atoms with Crippen molar-refractivity contribution in [3.63, 3.8) is 0 Å². The number of carbonyl (C=O) groups excluding carboxylic acids is 1. The third-order valence-electron chi connectivity index (χ3n) is 1.71. The van der Waals surface area contributed by atoms with Crippen molar-refractivity contribution < 1.29 is 13.9 Å². The number of hydrogen-bond donors (Lipinski definition) is 0. The molecule has 0 atom stereocenters. The van der Waals surface area contributed by atoms with Crippen molar-refractivity contribution in [2.75, 3.05) is 32.9 Å². The van der Waals surface area contributed by atoms with Crippen LogP contribution in [0.15, 0.2) is 0 Å². The Morgan fingerprint density at radius 1 is 1.46 bits per heavy atom. The maximum atomic E-state index is 11.8. The first-order chi connectivity index (χ1) is 6.24. The van der Waals surface area contributed by atoms with E-state index in [9.17, 15) is 9.18 Å². The largest absolute Gasteiger partial charge is 0.465 e. The quantitative estimate of drug-likeness (QED) is 0.567. The fourth-order valence-corrected chi connectivity index (χ4v) is 1.02. The molecule has 0 rings (SSSR count). The van der Waals surface area contributed by atoms with E-state index in [1.165, 1.54) is 0 Å². The first kappa shape index (κ1) is 12.4. The normalized spacial score (nSPS) is 10.5. The molecule has 0 aliphatic heterocycles. The van der Waals surface area contributed by atoms with Crippen LogP contribution in [0.2, 0.25) is 0 Å². The maximum absolute atomic E-state index is 11.8. The molecule has 0 amide bonds. The summed E-state index contributed by atoms with van der Waals surface area (Å²) < 4.78 is 16.6. The minimum Gasteiger partial charge on any atom is -0.465 e. The van der Waals surface area contributed by atoms with Crippen LogP contribution >= 0.6 is 0 Å². The summed E-state index contributed by atoms with van der Waals surface area (Å²) in [5, 5.41) is 0. The third-order valence-corrected chi connectivity index (χ3v) is 1.71. The summed E-state index contributed by atoms with van der Waals surface area (Å²) in [4.78, 5) is 12.9. The van der Waals surface area contributed by atoms with E-state index in [-0.39, 0.29) is 19.2 Å². The summed E-state index contributed by atoms with van der Waals surface area (Å²) in [5.74, 6) is -0.233. The number of alkyl halides is 1. The van der Waals surface area contributed by atoms with Crippen LogP contribution in [0.25, 0.3) is 0 Å². The molecule has 0 unspecified atom stereocenters. The Morgan fingerprint density at radius 3 is 2.62 bits per heavy atom. The lowest BCUT2D eigenvalue weighted by atomic mass is 10.4. The van der Waals surface area contributed by atoms with E-state index in [4.69, 9.17) is 4.74 Å². The highest BCUT2D eigenvalue weighted by Gasteiger charge is 2.08. The zero-order valence-electron chi connectivity index (χ0n) is 8.38. The second kappa shape index (κ2) is 7.98. The molecule has 0 aliphatic rings. The lowest BCUT2D eigenvalue weighted by molar-refractivity contribution is -0.144. The van der Waals surface area contributed by atoms with Gasteiger partial charge in [-0.1, -0.05) is 6.92 Å². The van der Waals surface area contributed by atoms with E-state index in [0.29, 0.717) is 19.6 Å². The van der Waals surface area contributed by atoms with Crippen molar-refractivity contribution in [3.8, 4) is 0 Å². The van der Waals surface area contributed by atoms with Crippen LogP contribution in [0.5, 0.6) is 0 Å². The molecule has 0 radical (unpaired) electrons. The zero-order valence-corrected chi connectivity index (χ0v) is 8.38. The van der Waals surface area contributed by atoms with Gasteiger partial charge in [0.1, 0.15) is 0 Å². The summed E-state index contributed by atoms with van der Waals surface area (Å²) in [6.07, 6.45) is 0.479. The monoisotopic (exact) mass is 191 g/mol. The predicted molar refractivity (Wildman–Crippen MR) is 49.3 cm³/mol. The Labute approximate surface area is 78.9 Å². The minimum atomic E-state index is -0.334. The molecule has 0 spiro atoms. The number of ether oxygens (including phenoxy) is 1. The third kappa shape index (κ3) is 6.51. The van der Waals surface area contributed by atoms with Gasteiger partial charge in [-0.3, -0.25) is 14.1 Å². The van der Waals surface area contributed by atoms with Crippen LogP contribution in [0.1, 0.15) is 20.3 Å². The molecular weight excluding hydrogens is 173 g/mol. The van der Waals surface area contributed by atoms with Crippen molar-refractivity contribution in [2.45, 2.75) is 20.3 Å². The maximum Gasteiger partial charge on any atom is 0.320 e. The molecule has 13 heavy (non-hydrogen) atoms. The van der Waals surface area contributed by atoms with Gasteiger partial charge in [-0.05, 0) is 19.9 Å². The van der Waals surface area contributed by atoms with Gasteiger partial charge in [-0.25, -0.2) is 0 Å². The molecule has 78 valence electrons. The standard InChI is InChI=1S/C9H18FNO2/c1-3-11(7-5-6-10)8-9(12)13-4-2/h3-8H2,1-2H3. The smallest absolute Gasteiger partial charge is 0.320 e. The average molecular weight is 191 g/mol. The van der Waals surface area contributed by atoms with Crippen LogP contribution in [0.4, 0.5) is 4.39 Å². The highest BCUT2D eigenvalue weighted by Crippen LogP contribution is 1.93. The molecule has 4 heteroatoms. The number of carbonyl (C=O) groups is 1. The van der Waals surface area contributed by atoms with Gasteiger partial charge in [0.25, 0.3) is 0 Å². The lowest BCUT2D eigenvalue weighted by Crippen LogP contribution is -2.31. The Hall–Kier alpha value is -0.640. The first-order valence-corrected chi connectivity index (χ1v) is 4.68. The van der Waals surface area contributed by atoms with E-state index >= 15 is 0 Å². The molecule has 0 saturated carbocycles. The molecule has 0 aliphatic carbocycles. The van der Waals surface area contributed by atoms with Gasteiger partial charge in [0, 0.05) is 6.54 Å². The Bertz CT molecular complexity index is 142. The topological polar surface area (TPSA) is 29.5 Å². The lowest BCUT2D eigenvalue weighted by Gasteiger charge is -2.17. The number of rotatable bonds is 7. The van der Waals surface area contributed by atoms with Gasteiger partial charge in [0.15, 0.2) is 0 Å². The first-order valence-electron chi connectivity index (χ1n) is 4.68. The van der Waals surface area contributed by atoms with Gasteiger partial charge in [-0.2, -0.15) is 0 Å². The zero-order chi connectivity index (χ0) is 10.1. The van der Waals surface area contributed by atoms with Gasteiger partial charge in [0.2, 0.25) is 0 Å². The van der Waals surface area contributed by atoms with Crippen molar-refractivity contribution in [2.24, 2.45) is 0 Å². The van der Waals surface area contributed by atoms with Gasteiger partial charge >= 0.3 is 5.97 Å². The molecule has 3 nitrogen and oxygen atoms in total. The molecule has 0 fully saturated rings. The van der Waals surface area contributed by atoms with Crippen molar-refractivity contribution in [1.29, 1.82) is 0 Å². The summed E-state index contributed by atoms with van der Waals surface area (Å²) in [7, 11) is 0. The average Bonchev–Trinajstić information content (AvgIpc) is 2.12. The fraction of sp³-hybridized carbons (Fsp3) is 0.889. The molecule has 0 saturated heterocycles. The molecule has 0 heterocycles. The number of esters is 1. The van der Waals surface area contributed by atoms with E-state index in [0.717, 1.165) is 6.54 Å². The van der Waals surface area contributed by atoms with Crippen molar-refractivity contribution >= 4 is 5.97 Å². The van der Waals surface area contributed by atoms with Crippen LogP contribution in [-0.4, -0.2) is 43.8 Å². The SMILES string of the molecule is CCOC(=O)CN(CC)CCCF. The van der Waals surface area contributed by atoms with Crippen molar-refractivity contribution in [3.05, 3.63) is 0 Å². The second-order valence-corrected chi connectivity index (χ2v) is 2.72. The molecule has 0 aromatic heterocycles. The summed E-state index contributed by atoms with van der Waals surface area (Å²) >= 11 is 0. The van der Waals surface area contributed by atoms with Gasteiger partial charge in [0.05, 0.1) is 19.8 Å². The van der Waals surface area contributed by atoms with E-state index in [1.54, 1.807) is 6.92 Å². The van der Waals surface area contributed by atoms with Crippen molar-refractivity contribution in [1.82, 2.24) is 4.90 Å². The molecule has 0 aromatic rings. The van der Waals surface area contributed by atoms with E-state index in [2.05, 4.69) is 0 Å². The molecular formula is C9H18FNO2. The summed E-state index contributed by atoms with van der Waals surface area (Å²) in [5.41, 5.74) is 0. The Morgan fingerprint density at radius 2 is 2.15 bits per heavy atom. The predicted octanol–water partition coefficient (Wildman–Crippen LogP) is 1.23. The highest BCUT2D eigenvalue weighted by molar-refractivity contribution is 5.71. The number of nitrogens with zero attached hydrogens (tertiary/aromatic N) is 1.